The van der Waals surface area contributed by atoms with Gasteiger partial charge < -0.3 is 9.15 Å². The van der Waals surface area contributed by atoms with Gasteiger partial charge >= 0.3 is 5.97 Å². The van der Waals surface area contributed by atoms with E-state index in [1.807, 2.05) is 30.3 Å². The predicted molar refractivity (Wildman–Crippen MR) is 98.1 cm³/mol. The van der Waals surface area contributed by atoms with Gasteiger partial charge in [-0.1, -0.05) is 58.4 Å². The summed E-state index contributed by atoms with van der Waals surface area (Å²) in [6, 6.07) is 15.4. The molecule has 0 atom stereocenters. The van der Waals surface area contributed by atoms with E-state index in [2.05, 4.69) is 15.9 Å². The molecular weight excluding hydrogens is 387 g/mol. The van der Waals surface area contributed by atoms with Crippen LogP contribution in [0.25, 0.3) is 22.5 Å². The highest BCUT2D eigenvalue weighted by atomic mass is 79.9. The highest BCUT2D eigenvalue weighted by Crippen LogP contribution is 2.39. The van der Waals surface area contributed by atoms with Crippen LogP contribution in [-0.2, 0) is 10.1 Å². The standard InChI is InChI=1S/C20H16BrFO3/c1-2-24-20(23)18-17(13-8-10-15(22)11-9-13)16(12-21)25-19(18)14-6-4-3-5-7-14/h3-11H,2,12H2,1H3. The summed E-state index contributed by atoms with van der Waals surface area (Å²) in [6.07, 6.45) is 0. The molecule has 3 aromatic rings. The maximum Gasteiger partial charge on any atom is 0.342 e. The van der Waals surface area contributed by atoms with E-state index >= 15 is 0 Å². The van der Waals surface area contributed by atoms with Gasteiger partial charge in [-0.2, -0.15) is 0 Å². The molecule has 0 fully saturated rings. The lowest BCUT2D eigenvalue weighted by atomic mass is 9.98. The van der Waals surface area contributed by atoms with Crippen LogP contribution in [0.1, 0.15) is 23.0 Å². The van der Waals surface area contributed by atoms with Crippen molar-refractivity contribution in [2.24, 2.45) is 0 Å². The summed E-state index contributed by atoms with van der Waals surface area (Å²) in [6.45, 7) is 2.01. The Balaban J connectivity index is 2.27. The molecule has 0 aliphatic carbocycles. The van der Waals surface area contributed by atoms with Crippen LogP contribution in [0.4, 0.5) is 4.39 Å². The third-order valence-electron chi connectivity index (χ3n) is 3.75. The van der Waals surface area contributed by atoms with Gasteiger partial charge in [0.1, 0.15) is 22.9 Å². The second-order valence-electron chi connectivity index (χ2n) is 5.33. The molecule has 128 valence electrons. The monoisotopic (exact) mass is 402 g/mol. The number of rotatable bonds is 5. The molecule has 0 saturated carbocycles. The first-order valence-electron chi connectivity index (χ1n) is 7.85. The number of furan rings is 1. The average molecular weight is 403 g/mol. The van der Waals surface area contributed by atoms with Crippen LogP contribution in [0, 0.1) is 5.82 Å². The molecule has 0 amide bonds. The van der Waals surface area contributed by atoms with Gasteiger partial charge in [0.15, 0.2) is 0 Å². The van der Waals surface area contributed by atoms with Gasteiger partial charge in [0, 0.05) is 11.1 Å². The van der Waals surface area contributed by atoms with E-state index in [1.165, 1.54) is 12.1 Å². The SMILES string of the molecule is CCOC(=O)c1c(-c2ccccc2)oc(CBr)c1-c1ccc(F)cc1. The molecule has 0 saturated heterocycles. The molecule has 0 radical (unpaired) electrons. The van der Waals surface area contributed by atoms with Crippen molar-refractivity contribution < 1.29 is 18.3 Å². The summed E-state index contributed by atoms with van der Waals surface area (Å²) in [5, 5.41) is 0.416. The van der Waals surface area contributed by atoms with Crippen molar-refractivity contribution in [2.45, 2.75) is 12.3 Å². The van der Waals surface area contributed by atoms with E-state index in [0.717, 1.165) is 5.56 Å². The number of hydrogen-bond donors (Lipinski definition) is 0. The number of alkyl halides is 1. The van der Waals surface area contributed by atoms with E-state index in [-0.39, 0.29) is 12.4 Å². The summed E-state index contributed by atoms with van der Waals surface area (Å²) in [5.74, 6) is 0.242. The van der Waals surface area contributed by atoms with Gasteiger partial charge in [0.25, 0.3) is 0 Å². The van der Waals surface area contributed by atoms with E-state index in [4.69, 9.17) is 9.15 Å². The first-order valence-corrected chi connectivity index (χ1v) is 8.98. The van der Waals surface area contributed by atoms with E-state index in [0.29, 0.717) is 33.5 Å². The van der Waals surface area contributed by atoms with Gasteiger partial charge in [0.05, 0.1) is 11.9 Å². The average Bonchev–Trinajstić information content (AvgIpc) is 3.03. The smallest absolute Gasteiger partial charge is 0.342 e. The Morgan fingerprint density at radius 2 is 1.76 bits per heavy atom. The summed E-state index contributed by atoms with van der Waals surface area (Å²) in [5.41, 5.74) is 2.45. The van der Waals surface area contributed by atoms with Crippen molar-refractivity contribution >= 4 is 21.9 Å². The summed E-state index contributed by atoms with van der Waals surface area (Å²) < 4.78 is 24.5. The highest BCUT2D eigenvalue weighted by molar-refractivity contribution is 9.08. The Hall–Kier alpha value is -2.40. The van der Waals surface area contributed by atoms with Crippen LogP contribution in [0.15, 0.2) is 59.0 Å². The Kier molecular flexibility index (Phi) is 5.34. The van der Waals surface area contributed by atoms with Crippen LogP contribution in [0.5, 0.6) is 0 Å². The predicted octanol–water partition coefficient (Wildman–Crippen LogP) is 5.82. The fraction of sp³-hybridized carbons (Fsp3) is 0.150. The van der Waals surface area contributed by atoms with Gasteiger partial charge in [-0.3, -0.25) is 0 Å². The number of hydrogen-bond acceptors (Lipinski definition) is 3. The van der Waals surface area contributed by atoms with Gasteiger partial charge in [-0.25, -0.2) is 9.18 Å². The van der Waals surface area contributed by atoms with Crippen LogP contribution in [0.3, 0.4) is 0 Å². The molecule has 0 bridgehead atoms. The molecule has 3 rings (SSSR count). The minimum atomic E-state index is -0.461. The molecule has 25 heavy (non-hydrogen) atoms. The third-order valence-corrected chi connectivity index (χ3v) is 4.26. The molecule has 0 unspecified atom stereocenters. The zero-order valence-electron chi connectivity index (χ0n) is 13.6. The summed E-state index contributed by atoms with van der Waals surface area (Å²) in [4.78, 5) is 12.7. The first-order chi connectivity index (χ1) is 12.2. The van der Waals surface area contributed by atoms with Crippen molar-refractivity contribution in [3.05, 3.63) is 71.7 Å². The Bertz CT molecular complexity index is 870. The molecule has 1 aromatic heterocycles. The fourth-order valence-electron chi connectivity index (χ4n) is 2.68. The molecule has 0 aliphatic rings. The van der Waals surface area contributed by atoms with Crippen LogP contribution in [0.2, 0.25) is 0 Å². The summed E-state index contributed by atoms with van der Waals surface area (Å²) in [7, 11) is 0. The minimum absolute atomic E-state index is 0.255. The Labute approximate surface area is 153 Å². The molecule has 0 spiro atoms. The quantitative estimate of drug-likeness (QED) is 0.398. The lowest BCUT2D eigenvalue weighted by molar-refractivity contribution is 0.0527. The molecule has 0 N–H and O–H groups in total. The lowest BCUT2D eigenvalue weighted by Gasteiger charge is -2.07. The maximum atomic E-state index is 13.3. The van der Waals surface area contributed by atoms with Crippen molar-refractivity contribution in [3.63, 3.8) is 0 Å². The lowest BCUT2D eigenvalue weighted by Crippen LogP contribution is -2.06. The first kappa shape index (κ1) is 17.4. The fourth-order valence-corrected chi connectivity index (χ4v) is 3.08. The molecule has 1 heterocycles. The normalized spacial score (nSPS) is 10.7. The van der Waals surface area contributed by atoms with Gasteiger partial charge in [-0.05, 0) is 24.6 Å². The molecule has 3 nitrogen and oxygen atoms in total. The largest absolute Gasteiger partial charge is 0.462 e. The highest BCUT2D eigenvalue weighted by Gasteiger charge is 2.28. The zero-order chi connectivity index (χ0) is 17.8. The zero-order valence-corrected chi connectivity index (χ0v) is 15.2. The second kappa shape index (κ2) is 7.66. The minimum Gasteiger partial charge on any atom is -0.462 e. The second-order valence-corrected chi connectivity index (χ2v) is 5.89. The third kappa shape index (κ3) is 3.51. The molecule has 0 aliphatic heterocycles. The van der Waals surface area contributed by atoms with Gasteiger partial charge in [0.2, 0.25) is 0 Å². The number of esters is 1. The maximum absolute atomic E-state index is 13.3. The number of benzene rings is 2. The molecule has 5 heteroatoms. The van der Waals surface area contributed by atoms with Crippen LogP contribution >= 0.6 is 15.9 Å². The summed E-state index contributed by atoms with van der Waals surface area (Å²) >= 11 is 3.41. The van der Waals surface area contributed by atoms with E-state index in [9.17, 15) is 9.18 Å². The molecule has 2 aromatic carbocycles. The van der Waals surface area contributed by atoms with E-state index in [1.54, 1.807) is 19.1 Å². The topological polar surface area (TPSA) is 39.4 Å². The number of halogens is 2. The van der Waals surface area contributed by atoms with Gasteiger partial charge in [-0.15, -0.1) is 0 Å². The van der Waals surface area contributed by atoms with E-state index < -0.39 is 5.97 Å². The number of carbonyl (C=O) groups is 1. The van der Waals surface area contributed by atoms with Crippen molar-refractivity contribution in [1.29, 1.82) is 0 Å². The van der Waals surface area contributed by atoms with Crippen LogP contribution < -0.4 is 0 Å². The van der Waals surface area contributed by atoms with Crippen molar-refractivity contribution in [1.82, 2.24) is 0 Å². The number of carbonyl (C=O) groups excluding carboxylic acids is 1. The number of ether oxygens (including phenoxy) is 1. The van der Waals surface area contributed by atoms with Crippen molar-refractivity contribution in [3.8, 4) is 22.5 Å². The van der Waals surface area contributed by atoms with Crippen molar-refractivity contribution in [2.75, 3.05) is 6.61 Å². The Morgan fingerprint density at radius 1 is 1.08 bits per heavy atom. The molecular formula is C20H16BrFO3. The van der Waals surface area contributed by atoms with Crippen LogP contribution in [-0.4, -0.2) is 12.6 Å². The Morgan fingerprint density at radius 3 is 2.36 bits per heavy atom.